The van der Waals surface area contributed by atoms with Crippen molar-refractivity contribution in [3.8, 4) is 0 Å². The number of pyridine rings is 1. The normalized spacial score (nSPS) is 17.7. The van der Waals surface area contributed by atoms with Crippen LogP contribution in [0.15, 0.2) is 17.3 Å². The molecule has 1 aliphatic rings. The quantitative estimate of drug-likeness (QED) is 0.698. The minimum absolute atomic E-state index is 0.142. The zero-order valence-corrected chi connectivity index (χ0v) is 9.76. The van der Waals surface area contributed by atoms with E-state index in [1.54, 1.807) is 7.05 Å². The fourth-order valence-corrected chi connectivity index (χ4v) is 1.71. The van der Waals surface area contributed by atoms with Gasteiger partial charge in [-0.05, 0) is 17.0 Å². The van der Waals surface area contributed by atoms with Crippen LogP contribution < -0.4 is 5.32 Å². The maximum absolute atomic E-state index is 4.48. The average Bonchev–Trinajstić information content (AvgIpc) is 2.57. The predicted molar refractivity (Wildman–Crippen MR) is 62.2 cm³/mol. The number of aromatic nitrogens is 1. The number of rotatable bonds is 0. The highest BCUT2D eigenvalue weighted by molar-refractivity contribution is 6.02. The number of amidine groups is 1. The minimum atomic E-state index is 0.142. The molecule has 2 heterocycles. The first-order chi connectivity index (χ1) is 7.02. The number of nitrogens with zero attached hydrogens (tertiary/aromatic N) is 2. The van der Waals surface area contributed by atoms with E-state index in [1.165, 1.54) is 5.56 Å². The molecule has 0 radical (unpaired) electrons. The lowest BCUT2D eigenvalue weighted by Gasteiger charge is -2.19. The summed E-state index contributed by atoms with van der Waals surface area (Å²) in [7, 11) is 1.81. The van der Waals surface area contributed by atoms with Crippen LogP contribution in [0, 0.1) is 0 Å². The average molecular weight is 203 g/mol. The standard InChI is InChI=1S/C12H17N3/c1-12(2,3)8-5-9-10(14-6-8)7-15-11(9)13-4/h5-6H,7H2,1-4H3,(H,13,15). The molecule has 80 valence electrons. The van der Waals surface area contributed by atoms with Gasteiger partial charge < -0.3 is 5.32 Å². The molecule has 1 aliphatic heterocycles. The van der Waals surface area contributed by atoms with Crippen molar-refractivity contribution in [2.24, 2.45) is 4.99 Å². The molecule has 0 amide bonds. The predicted octanol–water partition coefficient (Wildman–Crippen LogP) is 1.86. The summed E-state index contributed by atoms with van der Waals surface area (Å²) in [6.45, 7) is 7.39. The number of hydrogen-bond donors (Lipinski definition) is 1. The Labute approximate surface area is 90.6 Å². The Kier molecular flexibility index (Phi) is 2.25. The van der Waals surface area contributed by atoms with Gasteiger partial charge in [0.2, 0.25) is 0 Å². The lowest BCUT2D eigenvalue weighted by molar-refractivity contribution is 0.586. The number of hydrogen-bond acceptors (Lipinski definition) is 2. The molecule has 15 heavy (non-hydrogen) atoms. The zero-order valence-electron chi connectivity index (χ0n) is 9.76. The van der Waals surface area contributed by atoms with E-state index in [1.807, 2.05) is 6.20 Å². The van der Waals surface area contributed by atoms with Crippen LogP contribution in [0.25, 0.3) is 0 Å². The van der Waals surface area contributed by atoms with E-state index < -0.39 is 0 Å². The molecule has 0 spiro atoms. The monoisotopic (exact) mass is 203 g/mol. The first-order valence-corrected chi connectivity index (χ1v) is 5.23. The van der Waals surface area contributed by atoms with Crippen molar-refractivity contribution >= 4 is 5.84 Å². The van der Waals surface area contributed by atoms with Crippen molar-refractivity contribution in [3.05, 3.63) is 29.1 Å². The molecule has 3 nitrogen and oxygen atoms in total. The van der Waals surface area contributed by atoms with Gasteiger partial charge in [0.15, 0.2) is 0 Å². The third-order valence-corrected chi connectivity index (χ3v) is 2.74. The second kappa shape index (κ2) is 3.33. The molecule has 0 saturated carbocycles. The third kappa shape index (κ3) is 1.74. The molecule has 3 heteroatoms. The number of nitrogens with one attached hydrogen (secondary N) is 1. The smallest absolute Gasteiger partial charge is 0.130 e. The maximum atomic E-state index is 4.48. The fourth-order valence-electron chi connectivity index (χ4n) is 1.71. The van der Waals surface area contributed by atoms with E-state index in [9.17, 15) is 0 Å². The largest absolute Gasteiger partial charge is 0.364 e. The molecule has 0 aliphatic carbocycles. The van der Waals surface area contributed by atoms with Gasteiger partial charge in [-0.15, -0.1) is 0 Å². The Hall–Kier alpha value is -1.38. The molecule has 1 aromatic heterocycles. The van der Waals surface area contributed by atoms with Gasteiger partial charge in [-0.25, -0.2) is 0 Å². The fraction of sp³-hybridized carbons (Fsp3) is 0.500. The van der Waals surface area contributed by atoms with Crippen molar-refractivity contribution in [1.82, 2.24) is 10.3 Å². The maximum Gasteiger partial charge on any atom is 0.130 e. The van der Waals surface area contributed by atoms with Crippen LogP contribution in [0.5, 0.6) is 0 Å². The zero-order chi connectivity index (χ0) is 11.1. The van der Waals surface area contributed by atoms with E-state index >= 15 is 0 Å². The van der Waals surface area contributed by atoms with E-state index in [2.05, 4.69) is 42.1 Å². The summed E-state index contributed by atoms with van der Waals surface area (Å²) in [6.07, 6.45) is 1.97. The van der Waals surface area contributed by atoms with Crippen molar-refractivity contribution < 1.29 is 0 Å². The highest BCUT2D eigenvalue weighted by atomic mass is 15.0. The first-order valence-electron chi connectivity index (χ1n) is 5.23. The summed E-state index contributed by atoms with van der Waals surface area (Å²) < 4.78 is 0. The molecule has 2 rings (SSSR count). The van der Waals surface area contributed by atoms with Crippen molar-refractivity contribution in [1.29, 1.82) is 0 Å². The Morgan fingerprint density at radius 3 is 2.73 bits per heavy atom. The van der Waals surface area contributed by atoms with Gasteiger partial charge in [0.1, 0.15) is 5.84 Å². The van der Waals surface area contributed by atoms with E-state index in [0.717, 1.165) is 23.6 Å². The van der Waals surface area contributed by atoms with Crippen molar-refractivity contribution in [2.45, 2.75) is 32.7 Å². The molecular weight excluding hydrogens is 186 g/mol. The first kappa shape index (κ1) is 10.1. The van der Waals surface area contributed by atoms with Gasteiger partial charge in [0, 0.05) is 18.8 Å². The molecule has 0 aromatic carbocycles. The van der Waals surface area contributed by atoms with Crippen LogP contribution in [0.2, 0.25) is 0 Å². The molecule has 0 unspecified atom stereocenters. The molecule has 0 bridgehead atoms. The summed E-state index contributed by atoms with van der Waals surface area (Å²) in [6, 6.07) is 2.20. The topological polar surface area (TPSA) is 37.3 Å². The lowest BCUT2D eigenvalue weighted by atomic mass is 9.87. The van der Waals surface area contributed by atoms with Gasteiger partial charge in [0.25, 0.3) is 0 Å². The molecule has 1 aromatic rings. The summed E-state index contributed by atoms with van der Waals surface area (Å²) in [5.41, 5.74) is 3.66. The Morgan fingerprint density at radius 2 is 2.13 bits per heavy atom. The van der Waals surface area contributed by atoms with Crippen molar-refractivity contribution in [3.63, 3.8) is 0 Å². The summed E-state index contributed by atoms with van der Waals surface area (Å²) in [5.74, 6) is 0.962. The van der Waals surface area contributed by atoms with Crippen LogP contribution in [0.3, 0.4) is 0 Å². The molecule has 0 atom stereocenters. The minimum Gasteiger partial charge on any atom is -0.364 e. The molecule has 0 saturated heterocycles. The van der Waals surface area contributed by atoms with Gasteiger partial charge in [-0.2, -0.15) is 0 Å². The molecule has 1 N–H and O–H groups in total. The van der Waals surface area contributed by atoms with Crippen molar-refractivity contribution in [2.75, 3.05) is 7.05 Å². The summed E-state index contributed by atoms with van der Waals surface area (Å²) >= 11 is 0. The van der Waals surface area contributed by atoms with Crippen LogP contribution in [0.4, 0.5) is 0 Å². The van der Waals surface area contributed by atoms with E-state index in [-0.39, 0.29) is 5.41 Å². The number of aliphatic imine (C=N–C) groups is 1. The van der Waals surface area contributed by atoms with E-state index in [0.29, 0.717) is 0 Å². The highest BCUT2D eigenvalue weighted by Gasteiger charge is 2.21. The Bertz CT molecular complexity index is 413. The number of fused-ring (bicyclic) bond motifs is 1. The SMILES string of the molecule is CN=C1NCc2ncc(C(C)(C)C)cc21. The second-order valence-corrected chi connectivity index (χ2v) is 4.89. The van der Waals surface area contributed by atoms with Crippen LogP contribution >= 0.6 is 0 Å². The van der Waals surface area contributed by atoms with Gasteiger partial charge >= 0.3 is 0 Å². The van der Waals surface area contributed by atoms with Gasteiger partial charge in [0.05, 0.1) is 12.2 Å². The van der Waals surface area contributed by atoms with Gasteiger partial charge in [-0.3, -0.25) is 9.98 Å². The Morgan fingerprint density at radius 1 is 1.40 bits per heavy atom. The summed E-state index contributed by atoms with van der Waals surface area (Å²) in [4.78, 5) is 8.70. The highest BCUT2D eigenvalue weighted by Crippen LogP contribution is 2.24. The third-order valence-electron chi connectivity index (χ3n) is 2.74. The molecular formula is C12H17N3. The summed E-state index contributed by atoms with van der Waals surface area (Å²) in [5, 5.41) is 3.24. The van der Waals surface area contributed by atoms with Crippen LogP contribution in [0.1, 0.15) is 37.6 Å². The lowest BCUT2D eigenvalue weighted by Crippen LogP contribution is -2.15. The van der Waals surface area contributed by atoms with Crippen LogP contribution in [-0.2, 0) is 12.0 Å². The van der Waals surface area contributed by atoms with E-state index in [4.69, 9.17) is 0 Å². The van der Waals surface area contributed by atoms with Crippen LogP contribution in [-0.4, -0.2) is 17.9 Å². The Balaban J connectivity index is 2.51. The molecule has 0 fully saturated rings. The van der Waals surface area contributed by atoms with Gasteiger partial charge in [-0.1, -0.05) is 20.8 Å². The second-order valence-electron chi connectivity index (χ2n) is 4.89.